The first-order valence-electron chi connectivity index (χ1n) is 5.68. The molecule has 1 aromatic heterocycles. The molecule has 2 aliphatic carbocycles. The van der Waals surface area contributed by atoms with Crippen molar-refractivity contribution in [2.45, 2.75) is 36.1 Å². The summed E-state index contributed by atoms with van der Waals surface area (Å²) in [5.41, 5.74) is 5.44. The van der Waals surface area contributed by atoms with Crippen LogP contribution in [-0.4, -0.2) is 35.5 Å². The highest BCUT2D eigenvalue weighted by molar-refractivity contribution is 7.91. The first kappa shape index (κ1) is 11.4. The molecular weight excluding hydrogens is 260 g/mol. The first-order valence-corrected chi connectivity index (χ1v) is 7.94. The Bertz CT molecular complexity index is 519. The average Bonchev–Trinajstić information content (AvgIpc) is 3.16. The molecule has 2 aliphatic rings. The number of sulfonamides is 1. The maximum Gasteiger partial charge on any atom is 0.272 e. The molecule has 0 atom stereocenters. The van der Waals surface area contributed by atoms with Gasteiger partial charge < -0.3 is 5.73 Å². The van der Waals surface area contributed by atoms with E-state index in [-0.39, 0.29) is 15.5 Å². The Balaban J connectivity index is 1.87. The van der Waals surface area contributed by atoms with E-state index in [2.05, 4.69) is 10.2 Å². The molecule has 0 aliphatic heterocycles. The molecular formula is C9H14N4O2S2. The van der Waals surface area contributed by atoms with Gasteiger partial charge in [-0.05, 0) is 31.6 Å². The Morgan fingerprint density at radius 1 is 1.29 bits per heavy atom. The Morgan fingerprint density at radius 3 is 2.47 bits per heavy atom. The van der Waals surface area contributed by atoms with Gasteiger partial charge in [-0.3, -0.25) is 0 Å². The van der Waals surface area contributed by atoms with Gasteiger partial charge in [0.25, 0.3) is 10.0 Å². The summed E-state index contributed by atoms with van der Waals surface area (Å²) < 4.78 is 26.4. The van der Waals surface area contributed by atoms with Crippen LogP contribution in [-0.2, 0) is 10.0 Å². The van der Waals surface area contributed by atoms with Crippen LogP contribution in [0.15, 0.2) is 4.34 Å². The molecule has 0 unspecified atom stereocenters. The maximum absolute atomic E-state index is 12.4. The van der Waals surface area contributed by atoms with Crippen LogP contribution in [0.4, 0.5) is 5.13 Å². The van der Waals surface area contributed by atoms with Crippen LogP contribution >= 0.6 is 11.3 Å². The van der Waals surface area contributed by atoms with Gasteiger partial charge in [-0.25, -0.2) is 8.42 Å². The lowest BCUT2D eigenvalue weighted by Gasteiger charge is -2.19. The number of nitrogens with zero attached hydrogens (tertiary/aromatic N) is 3. The van der Waals surface area contributed by atoms with Gasteiger partial charge in [-0.15, -0.1) is 10.2 Å². The third-order valence-corrected chi connectivity index (χ3v) is 6.06. The van der Waals surface area contributed by atoms with Gasteiger partial charge in [0.2, 0.25) is 9.47 Å². The normalized spacial score (nSPS) is 21.0. The van der Waals surface area contributed by atoms with Crippen molar-refractivity contribution in [1.82, 2.24) is 14.5 Å². The summed E-state index contributed by atoms with van der Waals surface area (Å²) >= 11 is 0.942. The molecule has 94 valence electrons. The molecule has 0 bridgehead atoms. The van der Waals surface area contributed by atoms with Gasteiger partial charge >= 0.3 is 0 Å². The molecule has 1 heterocycles. The highest BCUT2D eigenvalue weighted by Gasteiger charge is 2.42. The van der Waals surface area contributed by atoms with Crippen molar-refractivity contribution in [2.24, 2.45) is 5.92 Å². The summed E-state index contributed by atoms with van der Waals surface area (Å²) in [6, 6.07) is 0.172. The monoisotopic (exact) mass is 274 g/mol. The fraction of sp³-hybridized carbons (Fsp3) is 0.778. The predicted octanol–water partition coefficient (Wildman–Crippen LogP) is 0.683. The third-order valence-electron chi connectivity index (χ3n) is 3.04. The zero-order valence-electron chi connectivity index (χ0n) is 9.24. The highest BCUT2D eigenvalue weighted by Crippen LogP contribution is 2.38. The standard InChI is InChI=1S/C9H14N4O2S2/c10-8-11-12-9(16-8)17(14,15)13(7-3-4-7)5-6-1-2-6/h6-7H,1-5H2,(H2,10,11). The molecule has 2 saturated carbocycles. The van der Waals surface area contributed by atoms with E-state index in [1.54, 1.807) is 4.31 Å². The van der Waals surface area contributed by atoms with E-state index < -0.39 is 10.0 Å². The third kappa shape index (κ3) is 2.29. The SMILES string of the molecule is Nc1nnc(S(=O)(=O)N(CC2CC2)C2CC2)s1. The van der Waals surface area contributed by atoms with E-state index in [0.717, 1.165) is 37.0 Å². The molecule has 0 spiro atoms. The second-order valence-corrected chi connectivity index (χ2v) is 7.73. The average molecular weight is 274 g/mol. The molecule has 2 fully saturated rings. The van der Waals surface area contributed by atoms with E-state index in [0.29, 0.717) is 12.5 Å². The van der Waals surface area contributed by atoms with E-state index in [4.69, 9.17) is 5.73 Å². The molecule has 0 amide bonds. The maximum atomic E-state index is 12.4. The number of nitrogen functional groups attached to an aromatic ring is 1. The fourth-order valence-corrected chi connectivity index (χ4v) is 4.45. The quantitative estimate of drug-likeness (QED) is 0.853. The molecule has 8 heteroatoms. The van der Waals surface area contributed by atoms with Crippen LogP contribution in [0.1, 0.15) is 25.7 Å². The van der Waals surface area contributed by atoms with Crippen molar-refractivity contribution in [3.63, 3.8) is 0 Å². The predicted molar refractivity (Wildman–Crippen MR) is 64.0 cm³/mol. The van der Waals surface area contributed by atoms with Crippen LogP contribution in [0.2, 0.25) is 0 Å². The lowest BCUT2D eigenvalue weighted by atomic mass is 10.4. The molecule has 0 aromatic carbocycles. The number of rotatable bonds is 5. The van der Waals surface area contributed by atoms with Gasteiger partial charge in [0.05, 0.1) is 0 Å². The lowest BCUT2D eigenvalue weighted by Crippen LogP contribution is -2.34. The van der Waals surface area contributed by atoms with Gasteiger partial charge in [0, 0.05) is 12.6 Å². The summed E-state index contributed by atoms with van der Waals surface area (Å²) in [7, 11) is -3.47. The minimum Gasteiger partial charge on any atom is -0.374 e. The van der Waals surface area contributed by atoms with Gasteiger partial charge in [-0.1, -0.05) is 11.3 Å². The Kier molecular flexibility index (Phi) is 2.60. The summed E-state index contributed by atoms with van der Waals surface area (Å²) in [6.07, 6.45) is 4.19. The Hall–Kier alpha value is -0.730. The van der Waals surface area contributed by atoms with E-state index in [1.165, 1.54) is 0 Å². The second kappa shape index (κ2) is 3.89. The van der Waals surface area contributed by atoms with Crippen LogP contribution < -0.4 is 5.73 Å². The first-order chi connectivity index (χ1) is 8.07. The number of aromatic nitrogens is 2. The molecule has 0 radical (unpaired) electrons. The van der Waals surface area contributed by atoms with Crippen molar-refractivity contribution >= 4 is 26.5 Å². The summed E-state index contributed by atoms with van der Waals surface area (Å²) in [5.74, 6) is 0.538. The molecule has 2 N–H and O–H groups in total. The van der Waals surface area contributed by atoms with E-state index in [9.17, 15) is 8.42 Å². The summed E-state index contributed by atoms with van der Waals surface area (Å²) in [5, 5.41) is 7.44. The number of hydrogen-bond donors (Lipinski definition) is 1. The lowest BCUT2D eigenvalue weighted by molar-refractivity contribution is 0.388. The van der Waals surface area contributed by atoms with Gasteiger partial charge in [-0.2, -0.15) is 4.31 Å². The highest BCUT2D eigenvalue weighted by atomic mass is 32.2. The molecule has 0 saturated heterocycles. The van der Waals surface area contributed by atoms with Crippen LogP contribution in [0, 0.1) is 5.92 Å². The summed E-state index contributed by atoms with van der Waals surface area (Å²) in [6.45, 7) is 0.631. The van der Waals surface area contributed by atoms with Gasteiger partial charge in [0.15, 0.2) is 0 Å². The largest absolute Gasteiger partial charge is 0.374 e. The molecule has 17 heavy (non-hydrogen) atoms. The Labute approximate surface area is 104 Å². The van der Waals surface area contributed by atoms with Crippen molar-refractivity contribution in [3.05, 3.63) is 0 Å². The number of hydrogen-bond acceptors (Lipinski definition) is 6. The smallest absolute Gasteiger partial charge is 0.272 e. The minimum absolute atomic E-state index is 0.0301. The molecule has 1 aromatic rings. The van der Waals surface area contributed by atoms with E-state index >= 15 is 0 Å². The second-order valence-electron chi connectivity index (χ2n) is 4.66. The number of anilines is 1. The number of nitrogens with two attached hydrogens (primary N) is 1. The van der Waals surface area contributed by atoms with Crippen LogP contribution in [0.3, 0.4) is 0 Å². The fourth-order valence-electron chi connectivity index (χ4n) is 1.79. The van der Waals surface area contributed by atoms with Crippen molar-refractivity contribution in [1.29, 1.82) is 0 Å². The summed E-state index contributed by atoms with van der Waals surface area (Å²) in [4.78, 5) is 0. The van der Waals surface area contributed by atoms with Crippen molar-refractivity contribution in [2.75, 3.05) is 12.3 Å². The van der Waals surface area contributed by atoms with Crippen LogP contribution in [0.5, 0.6) is 0 Å². The molecule has 6 nitrogen and oxygen atoms in total. The zero-order valence-corrected chi connectivity index (χ0v) is 10.9. The van der Waals surface area contributed by atoms with Crippen molar-refractivity contribution < 1.29 is 8.42 Å². The van der Waals surface area contributed by atoms with Crippen molar-refractivity contribution in [3.8, 4) is 0 Å². The van der Waals surface area contributed by atoms with Crippen LogP contribution in [0.25, 0.3) is 0 Å². The zero-order chi connectivity index (χ0) is 12.0. The Morgan fingerprint density at radius 2 is 2.00 bits per heavy atom. The van der Waals surface area contributed by atoms with Gasteiger partial charge in [0.1, 0.15) is 0 Å². The topological polar surface area (TPSA) is 89.2 Å². The molecule has 3 rings (SSSR count). The van der Waals surface area contributed by atoms with E-state index in [1.807, 2.05) is 0 Å². The minimum atomic E-state index is -3.47.